The molecular formula is C21H30IN3O2. The highest BCUT2D eigenvalue weighted by atomic mass is 127. The molecule has 0 saturated carbocycles. The monoisotopic (exact) mass is 483 g/mol. The minimum atomic E-state index is 0. The first-order valence-corrected chi connectivity index (χ1v) is 8.95. The molecule has 0 bridgehead atoms. The number of aryl methyl sites for hydroxylation is 1. The Morgan fingerprint density at radius 2 is 1.56 bits per heavy atom. The number of benzene rings is 2. The van der Waals surface area contributed by atoms with E-state index in [4.69, 9.17) is 9.47 Å². The molecule has 5 nitrogen and oxygen atoms in total. The van der Waals surface area contributed by atoms with Crippen LogP contribution in [0.1, 0.15) is 17.5 Å². The number of ether oxygens (including phenoxy) is 2. The molecule has 0 heterocycles. The van der Waals surface area contributed by atoms with Gasteiger partial charge in [-0.2, -0.15) is 0 Å². The Kier molecular flexibility index (Phi) is 11.3. The van der Waals surface area contributed by atoms with Gasteiger partial charge in [-0.15, -0.1) is 24.0 Å². The van der Waals surface area contributed by atoms with Crippen LogP contribution in [0.5, 0.6) is 11.5 Å². The summed E-state index contributed by atoms with van der Waals surface area (Å²) < 4.78 is 10.4. The molecule has 2 aromatic carbocycles. The summed E-state index contributed by atoms with van der Waals surface area (Å²) >= 11 is 0. The topological polar surface area (TPSA) is 54.9 Å². The molecule has 0 aliphatic heterocycles. The molecule has 0 amide bonds. The quantitative estimate of drug-likeness (QED) is 0.248. The number of aliphatic imine (C=N–C) groups is 1. The van der Waals surface area contributed by atoms with E-state index in [1.165, 1.54) is 11.1 Å². The number of hydrogen-bond acceptors (Lipinski definition) is 3. The van der Waals surface area contributed by atoms with Crippen molar-refractivity contribution >= 4 is 29.9 Å². The van der Waals surface area contributed by atoms with Crippen LogP contribution in [-0.2, 0) is 12.8 Å². The molecule has 6 heteroatoms. The summed E-state index contributed by atoms with van der Waals surface area (Å²) in [5.41, 5.74) is 2.56. The van der Waals surface area contributed by atoms with Crippen LogP contribution in [0.3, 0.4) is 0 Å². The Hall–Kier alpha value is -1.96. The maximum Gasteiger partial charge on any atom is 0.190 e. The highest BCUT2D eigenvalue weighted by molar-refractivity contribution is 14.0. The molecule has 0 radical (unpaired) electrons. The number of nitrogens with one attached hydrogen (secondary N) is 2. The molecule has 0 unspecified atom stereocenters. The largest absolute Gasteiger partial charge is 0.497 e. The average molecular weight is 483 g/mol. The second-order valence-corrected chi connectivity index (χ2v) is 5.98. The van der Waals surface area contributed by atoms with Gasteiger partial charge in [-0.1, -0.05) is 24.3 Å². The van der Waals surface area contributed by atoms with Crippen LogP contribution in [0.15, 0.2) is 53.5 Å². The number of rotatable bonds is 9. The van der Waals surface area contributed by atoms with Crippen LogP contribution in [0.2, 0.25) is 0 Å². The lowest BCUT2D eigenvalue weighted by atomic mass is 10.1. The standard InChI is InChI=1S/C21H29N3O2.HI/c1-22-21(24-15-13-17-9-11-19(25-2)12-10-17)23-14-5-7-18-6-4-8-20(16-18)26-3;/h4,6,8-12,16H,5,7,13-15H2,1-3H3,(H2,22,23,24);1H. The molecular weight excluding hydrogens is 453 g/mol. The van der Waals surface area contributed by atoms with E-state index in [9.17, 15) is 0 Å². The first kappa shape index (κ1) is 23.1. The van der Waals surface area contributed by atoms with E-state index < -0.39 is 0 Å². The lowest BCUT2D eigenvalue weighted by molar-refractivity contribution is 0.414. The summed E-state index contributed by atoms with van der Waals surface area (Å²) in [6, 6.07) is 16.4. The molecule has 0 spiro atoms. The van der Waals surface area contributed by atoms with Gasteiger partial charge in [0.15, 0.2) is 5.96 Å². The SMILES string of the molecule is CN=C(NCCCc1cccc(OC)c1)NCCc1ccc(OC)cc1.I. The normalized spacial score (nSPS) is 10.7. The zero-order valence-electron chi connectivity index (χ0n) is 16.3. The van der Waals surface area contributed by atoms with Crippen LogP contribution in [0, 0.1) is 0 Å². The number of methoxy groups -OCH3 is 2. The van der Waals surface area contributed by atoms with Crippen molar-refractivity contribution in [1.29, 1.82) is 0 Å². The Morgan fingerprint density at radius 1 is 0.852 bits per heavy atom. The summed E-state index contributed by atoms with van der Waals surface area (Å²) in [6.45, 7) is 1.71. The maximum absolute atomic E-state index is 5.26. The smallest absolute Gasteiger partial charge is 0.190 e. The van der Waals surface area contributed by atoms with E-state index in [0.29, 0.717) is 0 Å². The zero-order chi connectivity index (χ0) is 18.6. The summed E-state index contributed by atoms with van der Waals surface area (Å²) in [7, 11) is 5.17. The zero-order valence-corrected chi connectivity index (χ0v) is 18.7. The van der Waals surface area contributed by atoms with Crippen molar-refractivity contribution < 1.29 is 9.47 Å². The second-order valence-electron chi connectivity index (χ2n) is 5.98. The van der Waals surface area contributed by atoms with Gasteiger partial charge < -0.3 is 20.1 Å². The van der Waals surface area contributed by atoms with Gasteiger partial charge >= 0.3 is 0 Å². The number of hydrogen-bond donors (Lipinski definition) is 2. The molecule has 0 fully saturated rings. The summed E-state index contributed by atoms with van der Waals surface area (Å²) in [4.78, 5) is 4.27. The van der Waals surface area contributed by atoms with Gasteiger partial charge in [0.05, 0.1) is 14.2 Å². The third-order valence-corrected chi connectivity index (χ3v) is 4.16. The number of guanidine groups is 1. The molecule has 2 N–H and O–H groups in total. The van der Waals surface area contributed by atoms with Crippen LogP contribution in [0.25, 0.3) is 0 Å². The number of halogens is 1. The summed E-state index contributed by atoms with van der Waals surface area (Å²) in [5, 5.41) is 6.71. The third-order valence-electron chi connectivity index (χ3n) is 4.16. The van der Waals surface area contributed by atoms with E-state index in [2.05, 4.69) is 39.9 Å². The van der Waals surface area contributed by atoms with Crippen LogP contribution < -0.4 is 20.1 Å². The van der Waals surface area contributed by atoms with Gasteiger partial charge in [0, 0.05) is 20.1 Å². The van der Waals surface area contributed by atoms with E-state index in [0.717, 1.165) is 49.8 Å². The molecule has 2 rings (SSSR count). The van der Waals surface area contributed by atoms with E-state index in [-0.39, 0.29) is 24.0 Å². The minimum Gasteiger partial charge on any atom is -0.497 e. The first-order valence-electron chi connectivity index (χ1n) is 8.95. The molecule has 0 atom stereocenters. The lowest BCUT2D eigenvalue weighted by Gasteiger charge is -2.12. The van der Waals surface area contributed by atoms with Crippen LogP contribution in [-0.4, -0.2) is 40.3 Å². The minimum absolute atomic E-state index is 0. The van der Waals surface area contributed by atoms with Gasteiger partial charge in [-0.3, -0.25) is 4.99 Å². The van der Waals surface area contributed by atoms with Crippen molar-refractivity contribution in [2.24, 2.45) is 4.99 Å². The Labute approximate surface area is 179 Å². The first-order chi connectivity index (χ1) is 12.7. The van der Waals surface area contributed by atoms with Gasteiger partial charge in [-0.25, -0.2) is 0 Å². The Morgan fingerprint density at radius 3 is 2.22 bits per heavy atom. The Balaban J connectivity index is 0.00000364. The fourth-order valence-corrected chi connectivity index (χ4v) is 2.67. The Bertz CT molecular complexity index is 690. The second kappa shape index (κ2) is 13.2. The van der Waals surface area contributed by atoms with Crippen molar-refractivity contribution in [2.45, 2.75) is 19.3 Å². The van der Waals surface area contributed by atoms with Crippen molar-refractivity contribution in [3.63, 3.8) is 0 Å². The third kappa shape index (κ3) is 8.51. The lowest BCUT2D eigenvalue weighted by Crippen LogP contribution is -2.38. The fourth-order valence-electron chi connectivity index (χ4n) is 2.67. The highest BCUT2D eigenvalue weighted by Crippen LogP contribution is 2.13. The molecule has 0 aliphatic carbocycles. The average Bonchev–Trinajstić information content (AvgIpc) is 2.70. The van der Waals surface area contributed by atoms with Crippen molar-refractivity contribution in [3.05, 3.63) is 59.7 Å². The van der Waals surface area contributed by atoms with Crippen LogP contribution in [0.4, 0.5) is 0 Å². The molecule has 0 aromatic heterocycles. The molecule has 0 saturated heterocycles. The van der Waals surface area contributed by atoms with Gasteiger partial charge in [0.25, 0.3) is 0 Å². The molecule has 0 aliphatic rings. The van der Waals surface area contributed by atoms with Crippen molar-refractivity contribution in [1.82, 2.24) is 10.6 Å². The van der Waals surface area contributed by atoms with Crippen LogP contribution >= 0.6 is 24.0 Å². The summed E-state index contributed by atoms with van der Waals surface area (Å²) in [6.07, 6.45) is 2.98. The fraction of sp³-hybridized carbons (Fsp3) is 0.381. The van der Waals surface area contributed by atoms with Crippen molar-refractivity contribution in [2.75, 3.05) is 34.4 Å². The maximum atomic E-state index is 5.26. The predicted octanol–water partition coefficient (Wildman–Crippen LogP) is 3.66. The predicted molar refractivity (Wildman–Crippen MR) is 123 cm³/mol. The van der Waals surface area contributed by atoms with Gasteiger partial charge in [0.1, 0.15) is 11.5 Å². The van der Waals surface area contributed by atoms with Gasteiger partial charge in [0.2, 0.25) is 0 Å². The number of nitrogens with zero attached hydrogens (tertiary/aromatic N) is 1. The van der Waals surface area contributed by atoms with E-state index >= 15 is 0 Å². The van der Waals surface area contributed by atoms with E-state index in [1.54, 1.807) is 21.3 Å². The molecule has 2 aromatic rings. The van der Waals surface area contributed by atoms with E-state index in [1.807, 2.05) is 24.3 Å². The van der Waals surface area contributed by atoms with Gasteiger partial charge in [-0.05, 0) is 54.7 Å². The molecule has 148 valence electrons. The summed E-state index contributed by atoms with van der Waals surface area (Å²) in [5.74, 6) is 2.63. The molecule has 27 heavy (non-hydrogen) atoms. The highest BCUT2D eigenvalue weighted by Gasteiger charge is 2.00. The van der Waals surface area contributed by atoms with Crippen molar-refractivity contribution in [3.8, 4) is 11.5 Å².